The van der Waals surface area contributed by atoms with Gasteiger partial charge in [0.25, 0.3) is 0 Å². The van der Waals surface area contributed by atoms with Gasteiger partial charge in [-0.1, -0.05) is 158 Å². The van der Waals surface area contributed by atoms with Crippen molar-refractivity contribution in [2.75, 3.05) is 6.61 Å². The van der Waals surface area contributed by atoms with Gasteiger partial charge >= 0.3 is 11.9 Å². The first-order chi connectivity index (χ1) is 26.5. The van der Waals surface area contributed by atoms with Crippen molar-refractivity contribution in [1.82, 2.24) is 0 Å². The Labute approximate surface area is 328 Å². The predicted octanol–water partition coefficient (Wildman–Crippen LogP) is 14.5. The van der Waals surface area contributed by atoms with Crippen LogP contribution < -0.4 is 0 Å². The lowest BCUT2D eigenvalue weighted by molar-refractivity contribution is -0.00134. The van der Waals surface area contributed by atoms with Crippen molar-refractivity contribution in [3.63, 3.8) is 0 Å². The normalized spacial score (nSPS) is 20.6. The third-order valence-electron chi connectivity index (χ3n) is 12.6. The summed E-state index contributed by atoms with van der Waals surface area (Å²) in [7, 11) is 0. The summed E-state index contributed by atoms with van der Waals surface area (Å²) in [6, 6.07) is 25.6. The Balaban J connectivity index is 1.06. The highest BCUT2D eigenvalue weighted by Gasteiger charge is 2.25. The maximum atomic E-state index is 13.4. The Morgan fingerprint density at radius 3 is 1.41 bits per heavy atom. The van der Waals surface area contributed by atoms with Crippen molar-refractivity contribution in [2.45, 2.75) is 173 Å². The molecule has 4 heteroatoms. The number of unbranched alkanes of at least 4 members (excludes halogenated alkanes) is 10. The van der Waals surface area contributed by atoms with Gasteiger partial charge in [-0.15, -0.1) is 0 Å². The minimum atomic E-state index is -0.699. The van der Waals surface area contributed by atoms with Crippen LogP contribution in [0.4, 0.5) is 0 Å². The van der Waals surface area contributed by atoms with E-state index < -0.39 is 18.0 Å². The number of hydrogen-bond acceptors (Lipinski definition) is 4. The number of carbonyl (C=O) groups excluding carboxylic acids is 2. The van der Waals surface area contributed by atoms with Crippen molar-refractivity contribution in [1.29, 1.82) is 0 Å². The standard InChI is InChI=1S/C50H70O4/c1-3-5-7-9-11-14-18-39-22-26-41(27-23-39)43-30-34-46(35-31-43)49(51)53-38-48(45-20-16-13-17-21-45)54-50(52)47-36-32-44(33-37-47)42-28-24-40(25-29-42)19-15-12-10-8-6-4-2/h13,16-17,20-21,30-37,39-42,48H,3-12,14-15,18-19,22-29,38H2,1-2H3. The summed E-state index contributed by atoms with van der Waals surface area (Å²) in [4.78, 5) is 26.6. The molecule has 2 aliphatic carbocycles. The number of esters is 2. The van der Waals surface area contributed by atoms with Gasteiger partial charge in [0.1, 0.15) is 6.61 Å². The van der Waals surface area contributed by atoms with Crippen LogP contribution in [0.1, 0.15) is 210 Å². The molecule has 54 heavy (non-hydrogen) atoms. The minimum absolute atomic E-state index is 0.0426. The van der Waals surface area contributed by atoms with Gasteiger partial charge in [-0.25, -0.2) is 9.59 Å². The van der Waals surface area contributed by atoms with Crippen LogP contribution in [0.5, 0.6) is 0 Å². The fraction of sp³-hybridized carbons (Fsp3) is 0.600. The highest BCUT2D eigenvalue weighted by Crippen LogP contribution is 2.39. The summed E-state index contributed by atoms with van der Waals surface area (Å²) in [5.41, 5.74) is 4.49. The molecular weight excluding hydrogens is 665 g/mol. The Bertz CT molecular complexity index is 1460. The van der Waals surface area contributed by atoms with Gasteiger partial charge in [0, 0.05) is 0 Å². The molecule has 0 aromatic heterocycles. The lowest BCUT2D eigenvalue weighted by Crippen LogP contribution is -2.19. The first-order valence-electron chi connectivity index (χ1n) is 22.2. The maximum Gasteiger partial charge on any atom is 0.338 e. The van der Waals surface area contributed by atoms with Gasteiger partial charge in [0.05, 0.1) is 11.1 Å². The maximum absolute atomic E-state index is 13.4. The van der Waals surface area contributed by atoms with Crippen LogP contribution in [0.15, 0.2) is 78.9 Å². The number of rotatable bonds is 22. The molecule has 0 aliphatic heterocycles. The minimum Gasteiger partial charge on any atom is -0.458 e. The third-order valence-corrected chi connectivity index (χ3v) is 12.6. The van der Waals surface area contributed by atoms with E-state index in [4.69, 9.17) is 9.47 Å². The van der Waals surface area contributed by atoms with Crippen molar-refractivity contribution >= 4 is 11.9 Å². The van der Waals surface area contributed by atoms with E-state index in [-0.39, 0.29) is 6.61 Å². The van der Waals surface area contributed by atoms with Crippen LogP contribution in [-0.2, 0) is 9.47 Å². The Morgan fingerprint density at radius 2 is 0.944 bits per heavy atom. The number of carbonyl (C=O) groups is 2. The molecule has 0 radical (unpaired) electrons. The second-order valence-corrected chi connectivity index (χ2v) is 16.7. The topological polar surface area (TPSA) is 52.6 Å². The molecule has 0 amide bonds. The molecule has 0 N–H and O–H groups in total. The zero-order valence-electron chi connectivity index (χ0n) is 33.8. The number of hydrogen-bond donors (Lipinski definition) is 0. The van der Waals surface area contributed by atoms with E-state index in [1.165, 1.54) is 152 Å². The quantitative estimate of drug-likeness (QED) is 0.0762. The van der Waals surface area contributed by atoms with Gasteiger partial charge < -0.3 is 9.47 Å². The van der Waals surface area contributed by atoms with E-state index >= 15 is 0 Å². The molecule has 0 heterocycles. The first kappa shape index (κ1) is 41.8. The summed E-state index contributed by atoms with van der Waals surface area (Å²) in [5.74, 6) is 2.09. The zero-order valence-corrected chi connectivity index (χ0v) is 33.8. The average Bonchev–Trinajstić information content (AvgIpc) is 3.22. The largest absolute Gasteiger partial charge is 0.458 e. The average molecular weight is 735 g/mol. The molecule has 294 valence electrons. The van der Waals surface area contributed by atoms with E-state index in [9.17, 15) is 9.59 Å². The molecule has 2 saturated carbocycles. The van der Waals surface area contributed by atoms with Crippen LogP contribution >= 0.6 is 0 Å². The second kappa shape index (κ2) is 23.5. The van der Waals surface area contributed by atoms with Crippen LogP contribution in [0.3, 0.4) is 0 Å². The van der Waals surface area contributed by atoms with Crippen molar-refractivity contribution < 1.29 is 19.1 Å². The smallest absolute Gasteiger partial charge is 0.338 e. The molecule has 4 nitrogen and oxygen atoms in total. The molecule has 2 aliphatic rings. The fourth-order valence-electron chi connectivity index (χ4n) is 9.08. The molecule has 2 fully saturated rings. The van der Waals surface area contributed by atoms with Crippen molar-refractivity contribution in [3.05, 3.63) is 107 Å². The predicted molar refractivity (Wildman–Crippen MR) is 223 cm³/mol. The molecule has 1 atom stereocenters. The van der Waals surface area contributed by atoms with Gasteiger partial charge in [-0.3, -0.25) is 0 Å². The molecular formula is C50H70O4. The van der Waals surface area contributed by atoms with Crippen molar-refractivity contribution in [2.24, 2.45) is 11.8 Å². The molecule has 3 aromatic carbocycles. The SMILES string of the molecule is CCCCCCCCC1CCC(c2ccc(C(=O)OCC(OC(=O)c3ccc(C4CCC(CCCCCCCC)CC4)cc3)c3ccccc3)cc2)CC1. The first-order valence-corrected chi connectivity index (χ1v) is 22.2. The molecule has 0 bridgehead atoms. The Morgan fingerprint density at radius 1 is 0.519 bits per heavy atom. The van der Waals surface area contributed by atoms with E-state index in [2.05, 4.69) is 38.1 Å². The van der Waals surface area contributed by atoms with Crippen molar-refractivity contribution in [3.8, 4) is 0 Å². The molecule has 0 saturated heterocycles. The fourth-order valence-corrected chi connectivity index (χ4v) is 9.08. The second-order valence-electron chi connectivity index (χ2n) is 16.7. The van der Waals surface area contributed by atoms with E-state index in [1.54, 1.807) is 0 Å². The highest BCUT2D eigenvalue weighted by molar-refractivity contribution is 5.90. The summed E-state index contributed by atoms with van der Waals surface area (Å²) in [5, 5.41) is 0. The lowest BCUT2D eigenvalue weighted by Gasteiger charge is -2.29. The lowest BCUT2D eigenvalue weighted by atomic mass is 9.77. The number of benzene rings is 3. The van der Waals surface area contributed by atoms with Crippen LogP contribution in [0.25, 0.3) is 0 Å². The van der Waals surface area contributed by atoms with Gasteiger partial charge in [-0.05, 0) is 116 Å². The summed E-state index contributed by atoms with van der Waals surface area (Å²) in [6.45, 7) is 4.52. The molecule has 1 unspecified atom stereocenters. The Kier molecular flexibility index (Phi) is 18.2. The summed E-state index contributed by atoms with van der Waals surface area (Å²) >= 11 is 0. The third kappa shape index (κ3) is 13.7. The zero-order chi connectivity index (χ0) is 37.8. The van der Waals surface area contributed by atoms with E-state index in [0.717, 1.165) is 17.4 Å². The van der Waals surface area contributed by atoms with E-state index in [0.29, 0.717) is 23.0 Å². The molecule has 5 rings (SSSR count). The van der Waals surface area contributed by atoms with Crippen LogP contribution in [0.2, 0.25) is 0 Å². The Hall–Kier alpha value is -3.40. The summed E-state index contributed by atoms with van der Waals surface area (Å²) in [6.07, 6.45) is 28.7. The molecule has 3 aromatic rings. The monoisotopic (exact) mass is 735 g/mol. The van der Waals surface area contributed by atoms with Crippen LogP contribution in [0, 0.1) is 11.8 Å². The summed E-state index contributed by atoms with van der Waals surface area (Å²) < 4.78 is 11.8. The van der Waals surface area contributed by atoms with Gasteiger partial charge in [0.15, 0.2) is 6.10 Å². The molecule has 0 spiro atoms. The van der Waals surface area contributed by atoms with Gasteiger partial charge in [-0.2, -0.15) is 0 Å². The van der Waals surface area contributed by atoms with E-state index in [1.807, 2.05) is 54.6 Å². The highest BCUT2D eigenvalue weighted by atomic mass is 16.6. The van der Waals surface area contributed by atoms with Crippen LogP contribution in [-0.4, -0.2) is 18.5 Å². The van der Waals surface area contributed by atoms with Gasteiger partial charge in [0.2, 0.25) is 0 Å². The number of ether oxygens (including phenoxy) is 2.